The molecule has 4 heteroatoms. The van der Waals surface area contributed by atoms with Crippen molar-refractivity contribution in [3.63, 3.8) is 0 Å². The van der Waals surface area contributed by atoms with Crippen LogP contribution in [0, 0.1) is 0 Å². The second kappa shape index (κ2) is 3.77. The van der Waals surface area contributed by atoms with E-state index in [-0.39, 0.29) is 0 Å². The summed E-state index contributed by atoms with van der Waals surface area (Å²) in [5, 5.41) is 5.30. The molecule has 0 saturated heterocycles. The van der Waals surface area contributed by atoms with Crippen molar-refractivity contribution in [3.05, 3.63) is 33.1 Å². The minimum atomic E-state index is 0.691. The van der Waals surface area contributed by atoms with Crippen molar-refractivity contribution in [1.29, 1.82) is 0 Å². The van der Waals surface area contributed by atoms with E-state index in [1.165, 1.54) is 0 Å². The molecule has 0 spiro atoms. The Bertz CT molecular complexity index is 450. The van der Waals surface area contributed by atoms with Gasteiger partial charge in [-0.25, -0.2) is 0 Å². The number of rotatable bonds is 1. The number of halogens is 3. The molecule has 0 N–H and O–H groups in total. The maximum atomic E-state index is 6.18. The zero-order valence-corrected chi connectivity index (χ0v) is 10.4. The van der Waals surface area contributed by atoms with Gasteiger partial charge in [0.05, 0.1) is 5.02 Å². The predicted octanol–water partition coefficient (Wildman–Crippen LogP) is 5.10. The lowest BCUT2D eigenvalue weighted by atomic mass is 10.2. The Balaban J connectivity index is 2.85. The first-order chi connectivity index (χ1) is 6.24. The van der Waals surface area contributed by atoms with Gasteiger partial charge in [0.1, 0.15) is 0 Å². The lowest BCUT2D eigenvalue weighted by Crippen LogP contribution is -1.82. The summed E-state index contributed by atoms with van der Waals surface area (Å²) < 4.78 is 1.14. The maximum Gasteiger partial charge on any atom is 0.0548 e. The van der Waals surface area contributed by atoms with E-state index in [0.717, 1.165) is 25.7 Å². The molecule has 1 aromatic heterocycles. The van der Waals surface area contributed by atoms with Crippen molar-refractivity contribution in [2.75, 3.05) is 0 Å². The van der Waals surface area contributed by atoms with Gasteiger partial charge in [0.2, 0.25) is 0 Å². The summed E-state index contributed by atoms with van der Waals surface area (Å²) in [6.45, 7) is 0. The number of fused-ring (bicyclic) bond motifs is 1. The highest BCUT2D eigenvalue weighted by molar-refractivity contribution is 9.08. The molecule has 0 aliphatic rings. The first-order valence-electron chi connectivity index (χ1n) is 3.64. The number of thiophene rings is 1. The first kappa shape index (κ1) is 9.78. The largest absolute Gasteiger partial charge is 0.144 e. The zero-order chi connectivity index (χ0) is 9.42. The molecule has 0 amide bonds. The van der Waals surface area contributed by atoms with Crippen molar-refractivity contribution in [2.24, 2.45) is 0 Å². The van der Waals surface area contributed by atoms with Gasteiger partial charge in [-0.3, -0.25) is 0 Å². The Morgan fingerprint density at radius 2 is 2.15 bits per heavy atom. The summed E-state index contributed by atoms with van der Waals surface area (Å²) in [6.07, 6.45) is 0. The van der Waals surface area contributed by atoms with E-state index in [2.05, 4.69) is 15.9 Å². The SMILES string of the molecule is Clc1cc2sccc2c(Cl)c1CBr. The fraction of sp³-hybridized carbons (Fsp3) is 0.111. The molecule has 0 nitrogen and oxygen atoms in total. The second-order valence-electron chi connectivity index (χ2n) is 2.62. The van der Waals surface area contributed by atoms with E-state index < -0.39 is 0 Å². The number of benzene rings is 1. The van der Waals surface area contributed by atoms with E-state index in [1.54, 1.807) is 11.3 Å². The average molecular weight is 296 g/mol. The Kier molecular flexibility index (Phi) is 2.84. The highest BCUT2D eigenvalue weighted by atomic mass is 79.9. The molecule has 2 rings (SSSR count). The van der Waals surface area contributed by atoms with Crippen molar-refractivity contribution < 1.29 is 0 Å². The molecule has 0 aliphatic carbocycles. The Hall–Kier alpha value is 0.240. The van der Waals surface area contributed by atoms with E-state index in [4.69, 9.17) is 23.2 Å². The van der Waals surface area contributed by atoms with Gasteiger partial charge in [0, 0.05) is 26.0 Å². The smallest absolute Gasteiger partial charge is 0.0548 e. The van der Waals surface area contributed by atoms with Crippen LogP contribution in [0.25, 0.3) is 10.1 Å². The van der Waals surface area contributed by atoms with Crippen LogP contribution in [0.3, 0.4) is 0 Å². The summed E-state index contributed by atoms with van der Waals surface area (Å²) >= 11 is 17.3. The van der Waals surface area contributed by atoms with Crippen LogP contribution in [-0.4, -0.2) is 0 Å². The van der Waals surface area contributed by atoms with Gasteiger partial charge < -0.3 is 0 Å². The van der Waals surface area contributed by atoms with Crippen LogP contribution in [0.5, 0.6) is 0 Å². The van der Waals surface area contributed by atoms with Gasteiger partial charge >= 0.3 is 0 Å². The number of hydrogen-bond donors (Lipinski definition) is 0. The van der Waals surface area contributed by atoms with Crippen molar-refractivity contribution in [2.45, 2.75) is 5.33 Å². The fourth-order valence-corrected chi connectivity index (χ4v) is 3.72. The highest BCUT2D eigenvalue weighted by Crippen LogP contribution is 2.36. The summed E-state index contributed by atoms with van der Waals surface area (Å²) in [6, 6.07) is 3.98. The lowest BCUT2D eigenvalue weighted by Gasteiger charge is -2.04. The predicted molar refractivity (Wildman–Crippen MR) is 64.5 cm³/mol. The van der Waals surface area contributed by atoms with E-state index in [0.29, 0.717) is 5.33 Å². The van der Waals surface area contributed by atoms with Crippen molar-refractivity contribution >= 4 is 60.6 Å². The third-order valence-electron chi connectivity index (χ3n) is 1.88. The molecule has 2 aromatic rings. The third-order valence-corrected chi connectivity index (χ3v) is 4.07. The van der Waals surface area contributed by atoms with Gasteiger partial charge in [-0.1, -0.05) is 39.1 Å². The highest BCUT2D eigenvalue weighted by Gasteiger charge is 2.09. The van der Waals surface area contributed by atoms with Crippen molar-refractivity contribution in [1.82, 2.24) is 0 Å². The monoisotopic (exact) mass is 294 g/mol. The Morgan fingerprint density at radius 1 is 1.38 bits per heavy atom. The quantitative estimate of drug-likeness (QED) is 0.642. The molecule has 0 unspecified atom stereocenters. The molecule has 0 aliphatic heterocycles. The summed E-state index contributed by atoms with van der Waals surface area (Å²) in [7, 11) is 0. The van der Waals surface area contributed by atoms with Crippen LogP contribution in [0.1, 0.15) is 5.56 Å². The summed E-state index contributed by atoms with van der Waals surface area (Å²) in [4.78, 5) is 0. The van der Waals surface area contributed by atoms with Crippen LogP contribution in [0.15, 0.2) is 17.5 Å². The Morgan fingerprint density at radius 3 is 2.85 bits per heavy atom. The molecule has 0 fully saturated rings. The van der Waals surface area contributed by atoms with Gasteiger partial charge in [-0.15, -0.1) is 11.3 Å². The van der Waals surface area contributed by atoms with Crippen LogP contribution >= 0.6 is 50.5 Å². The lowest BCUT2D eigenvalue weighted by molar-refractivity contribution is 1.47. The maximum absolute atomic E-state index is 6.18. The van der Waals surface area contributed by atoms with E-state index in [9.17, 15) is 0 Å². The number of alkyl halides is 1. The van der Waals surface area contributed by atoms with E-state index >= 15 is 0 Å². The van der Waals surface area contributed by atoms with Crippen LogP contribution in [-0.2, 0) is 5.33 Å². The molecule has 68 valence electrons. The minimum absolute atomic E-state index is 0.691. The molecule has 1 aromatic carbocycles. The zero-order valence-electron chi connectivity index (χ0n) is 6.48. The second-order valence-corrected chi connectivity index (χ2v) is 4.91. The molecule has 0 bridgehead atoms. The molecule has 0 saturated carbocycles. The van der Waals surface area contributed by atoms with Gasteiger partial charge in [-0.2, -0.15) is 0 Å². The van der Waals surface area contributed by atoms with Crippen molar-refractivity contribution in [3.8, 4) is 0 Å². The molecule has 0 atom stereocenters. The summed E-state index contributed by atoms with van der Waals surface area (Å²) in [5.74, 6) is 0. The molecular formula is C9H5BrCl2S. The fourth-order valence-electron chi connectivity index (χ4n) is 1.21. The van der Waals surface area contributed by atoms with Crippen LogP contribution in [0.2, 0.25) is 10.0 Å². The van der Waals surface area contributed by atoms with Gasteiger partial charge in [-0.05, 0) is 17.5 Å². The molecular weight excluding hydrogens is 291 g/mol. The third kappa shape index (κ3) is 1.61. The topological polar surface area (TPSA) is 0 Å². The van der Waals surface area contributed by atoms with Gasteiger partial charge in [0.15, 0.2) is 0 Å². The molecule has 0 radical (unpaired) electrons. The molecule has 13 heavy (non-hydrogen) atoms. The van der Waals surface area contributed by atoms with Gasteiger partial charge in [0.25, 0.3) is 0 Å². The minimum Gasteiger partial charge on any atom is -0.144 e. The number of hydrogen-bond acceptors (Lipinski definition) is 1. The van der Waals surface area contributed by atoms with Crippen LogP contribution < -0.4 is 0 Å². The Labute approximate surface area is 98.6 Å². The summed E-state index contributed by atoms with van der Waals surface area (Å²) in [5.41, 5.74) is 0.967. The van der Waals surface area contributed by atoms with Crippen LogP contribution in [0.4, 0.5) is 0 Å². The standard InChI is InChI=1S/C9H5BrCl2S/c10-4-6-7(11)3-8-5(9(6)12)1-2-13-8/h1-3H,4H2. The normalized spacial score (nSPS) is 11.0. The van der Waals surface area contributed by atoms with E-state index in [1.807, 2.05) is 17.5 Å². The molecule has 1 heterocycles. The first-order valence-corrected chi connectivity index (χ1v) is 6.40. The average Bonchev–Trinajstić information content (AvgIpc) is 2.53.